The number of carbonyl (C=O) groups is 1. The molecule has 0 aromatic heterocycles. The van der Waals surface area contributed by atoms with Crippen LogP contribution in [-0.2, 0) is 4.79 Å². The van der Waals surface area contributed by atoms with Gasteiger partial charge in [0.2, 0.25) is 5.91 Å². The second-order valence-electron chi connectivity index (χ2n) is 5.88. The minimum absolute atomic E-state index is 0.116. The summed E-state index contributed by atoms with van der Waals surface area (Å²) in [4.78, 5) is 14.3. The van der Waals surface area contributed by atoms with Gasteiger partial charge in [-0.2, -0.15) is 0 Å². The number of rotatable bonds is 6. The van der Waals surface area contributed by atoms with Crippen molar-refractivity contribution in [2.75, 3.05) is 24.1 Å². The number of carbonyl (C=O) groups excluding carboxylic acids is 1. The molecule has 1 amide bonds. The quantitative estimate of drug-likeness (QED) is 0.784. The number of nitrogens with one attached hydrogen (secondary N) is 1. The van der Waals surface area contributed by atoms with E-state index in [1.807, 2.05) is 0 Å². The maximum atomic E-state index is 13.2. The molecule has 2 aliphatic carbocycles. The third-order valence-electron chi connectivity index (χ3n) is 3.89. The summed E-state index contributed by atoms with van der Waals surface area (Å²) in [6.45, 7) is 1.38. The second kappa shape index (κ2) is 5.40. The number of nitrogens with two attached hydrogens (primary N) is 1. The van der Waals surface area contributed by atoms with Gasteiger partial charge in [-0.05, 0) is 49.8 Å². The number of nitrogen functional groups attached to an aromatic ring is 1. The average molecular weight is 277 g/mol. The molecule has 3 rings (SSSR count). The fourth-order valence-corrected chi connectivity index (χ4v) is 2.43. The van der Waals surface area contributed by atoms with E-state index in [0.29, 0.717) is 24.0 Å². The lowest BCUT2D eigenvalue weighted by molar-refractivity contribution is -0.117. The Bertz CT molecular complexity index is 512. The van der Waals surface area contributed by atoms with Gasteiger partial charge in [0, 0.05) is 12.6 Å². The van der Waals surface area contributed by atoms with Crippen molar-refractivity contribution in [2.24, 2.45) is 5.92 Å². The van der Waals surface area contributed by atoms with Crippen LogP contribution in [0.3, 0.4) is 0 Å². The van der Waals surface area contributed by atoms with Gasteiger partial charge in [-0.25, -0.2) is 4.39 Å². The highest BCUT2D eigenvalue weighted by Crippen LogP contribution is 2.34. The van der Waals surface area contributed by atoms with Crippen molar-refractivity contribution < 1.29 is 9.18 Å². The molecular formula is C15H20FN3O. The molecule has 2 aliphatic rings. The summed E-state index contributed by atoms with van der Waals surface area (Å²) in [5.74, 6) is 0.254. The Hall–Kier alpha value is -1.62. The van der Waals surface area contributed by atoms with Crippen molar-refractivity contribution in [3.63, 3.8) is 0 Å². The molecule has 2 fully saturated rings. The lowest BCUT2D eigenvalue weighted by atomic mass is 10.2. The van der Waals surface area contributed by atoms with Crippen LogP contribution < -0.4 is 11.1 Å². The highest BCUT2D eigenvalue weighted by atomic mass is 19.1. The van der Waals surface area contributed by atoms with Crippen molar-refractivity contribution in [3.05, 3.63) is 24.0 Å². The highest BCUT2D eigenvalue weighted by molar-refractivity contribution is 5.95. The Balaban J connectivity index is 1.58. The molecule has 1 aromatic carbocycles. The van der Waals surface area contributed by atoms with Crippen molar-refractivity contribution in [1.82, 2.24) is 4.90 Å². The van der Waals surface area contributed by atoms with Crippen LogP contribution in [0.1, 0.15) is 25.7 Å². The Kier molecular flexibility index (Phi) is 3.61. The van der Waals surface area contributed by atoms with Gasteiger partial charge in [0.25, 0.3) is 0 Å². The molecule has 4 nitrogen and oxygen atoms in total. The van der Waals surface area contributed by atoms with Gasteiger partial charge >= 0.3 is 0 Å². The van der Waals surface area contributed by atoms with E-state index in [1.165, 1.54) is 43.9 Å². The number of benzene rings is 1. The zero-order valence-corrected chi connectivity index (χ0v) is 11.4. The van der Waals surface area contributed by atoms with Crippen molar-refractivity contribution in [2.45, 2.75) is 31.7 Å². The topological polar surface area (TPSA) is 58.4 Å². The van der Waals surface area contributed by atoms with Crippen LogP contribution >= 0.6 is 0 Å². The first kappa shape index (κ1) is 13.4. The van der Waals surface area contributed by atoms with E-state index in [4.69, 9.17) is 5.73 Å². The summed E-state index contributed by atoms with van der Waals surface area (Å²) in [6.07, 6.45) is 4.92. The smallest absolute Gasteiger partial charge is 0.238 e. The first-order valence-electron chi connectivity index (χ1n) is 7.21. The average Bonchev–Trinajstić information content (AvgIpc) is 3.25. The summed E-state index contributed by atoms with van der Waals surface area (Å²) in [5, 5.41) is 2.71. The van der Waals surface area contributed by atoms with E-state index in [1.54, 1.807) is 0 Å². The normalized spacial score (nSPS) is 18.3. The lowest BCUT2D eigenvalue weighted by Gasteiger charge is -2.21. The van der Waals surface area contributed by atoms with Crippen molar-refractivity contribution in [3.8, 4) is 0 Å². The molecule has 0 unspecified atom stereocenters. The molecular weight excluding hydrogens is 257 g/mol. The van der Waals surface area contributed by atoms with Crippen LogP contribution in [0.15, 0.2) is 18.2 Å². The Morgan fingerprint density at radius 3 is 2.75 bits per heavy atom. The van der Waals surface area contributed by atoms with E-state index >= 15 is 0 Å². The monoisotopic (exact) mass is 277 g/mol. The van der Waals surface area contributed by atoms with Crippen LogP contribution in [0.2, 0.25) is 0 Å². The lowest BCUT2D eigenvalue weighted by Crippen LogP contribution is -2.36. The number of hydrogen-bond acceptors (Lipinski definition) is 3. The summed E-state index contributed by atoms with van der Waals surface area (Å²) >= 11 is 0. The molecule has 1 aromatic rings. The fourth-order valence-electron chi connectivity index (χ4n) is 2.43. The van der Waals surface area contributed by atoms with Crippen LogP contribution in [0.25, 0.3) is 0 Å². The second-order valence-corrected chi connectivity index (χ2v) is 5.88. The molecule has 0 saturated heterocycles. The predicted molar refractivity (Wildman–Crippen MR) is 76.8 cm³/mol. The Labute approximate surface area is 118 Å². The summed E-state index contributed by atoms with van der Waals surface area (Å²) < 4.78 is 13.2. The maximum absolute atomic E-state index is 13.2. The van der Waals surface area contributed by atoms with E-state index in [2.05, 4.69) is 10.2 Å². The van der Waals surface area contributed by atoms with Gasteiger partial charge in [-0.1, -0.05) is 0 Å². The standard InChI is InChI=1S/C15H20FN3O/c16-11-3-6-13(17)14(7-11)18-15(20)9-19(12-4-5-12)8-10-1-2-10/h3,6-7,10,12H,1-2,4-5,8-9,17H2,(H,18,20). The van der Waals surface area contributed by atoms with Crippen LogP contribution in [-0.4, -0.2) is 29.9 Å². The molecule has 108 valence electrons. The molecule has 2 saturated carbocycles. The third kappa shape index (κ3) is 3.48. The van der Waals surface area contributed by atoms with Crippen LogP contribution in [0, 0.1) is 11.7 Å². The zero-order chi connectivity index (χ0) is 14.1. The number of halogens is 1. The number of anilines is 2. The third-order valence-corrected chi connectivity index (χ3v) is 3.89. The van der Waals surface area contributed by atoms with Gasteiger partial charge < -0.3 is 11.1 Å². The molecule has 0 bridgehead atoms. The van der Waals surface area contributed by atoms with Crippen LogP contribution in [0.5, 0.6) is 0 Å². The van der Waals surface area contributed by atoms with E-state index in [0.717, 1.165) is 12.5 Å². The van der Waals surface area contributed by atoms with E-state index in [-0.39, 0.29) is 5.91 Å². The minimum atomic E-state index is -0.397. The van der Waals surface area contributed by atoms with Gasteiger partial charge in [0.05, 0.1) is 17.9 Å². The predicted octanol–water partition coefficient (Wildman–Crippen LogP) is 2.22. The van der Waals surface area contributed by atoms with Crippen LogP contribution in [0.4, 0.5) is 15.8 Å². The molecule has 0 heterocycles. The highest BCUT2D eigenvalue weighted by Gasteiger charge is 2.34. The summed E-state index contributed by atoms with van der Waals surface area (Å²) in [6, 6.07) is 4.57. The van der Waals surface area contributed by atoms with E-state index in [9.17, 15) is 9.18 Å². The van der Waals surface area contributed by atoms with Crippen molar-refractivity contribution >= 4 is 17.3 Å². The molecule has 5 heteroatoms. The summed E-state index contributed by atoms with van der Waals surface area (Å²) in [5.41, 5.74) is 6.48. The van der Waals surface area contributed by atoms with Gasteiger partial charge in [0.15, 0.2) is 0 Å². The molecule has 0 aliphatic heterocycles. The Morgan fingerprint density at radius 1 is 1.35 bits per heavy atom. The zero-order valence-electron chi connectivity index (χ0n) is 11.4. The minimum Gasteiger partial charge on any atom is -0.397 e. The molecule has 0 spiro atoms. The first-order valence-corrected chi connectivity index (χ1v) is 7.21. The Morgan fingerprint density at radius 2 is 2.10 bits per heavy atom. The number of amides is 1. The number of nitrogens with zero attached hydrogens (tertiary/aromatic N) is 1. The van der Waals surface area contributed by atoms with Gasteiger partial charge in [0.1, 0.15) is 5.82 Å². The summed E-state index contributed by atoms with van der Waals surface area (Å²) in [7, 11) is 0. The molecule has 20 heavy (non-hydrogen) atoms. The van der Waals surface area contributed by atoms with Gasteiger partial charge in [-0.15, -0.1) is 0 Å². The van der Waals surface area contributed by atoms with Gasteiger partial charge in [-0.3, -0.25) is 9.69 Å². The molecule has 0 atom stereocenters. The largest absolute Gasteiger partial charge is 0.397 e. The molecule has 0 radical (unpaired) electrons. The number of hydrogen-bond donors (Lipinski definition) is 2. The fraction of sp³-hybridized carbons (Fsp3) is 0.533. The maximum Gasteiger partial charge on any atom is 0.238 e. The SMILES string of the molecule is Nc1ccc(F)cc1NC(=O)CN(CC1CC1)C1CC1. The van der Waals surface area contributed by atoms with Crippen molar-refractivity contribution in [1.29, 1.82) is 0 Å². The molecule has 3 N–H and O–H groups in total. The first-order chi connectivity index (χ1) is 9.61. The van der Waals surface area contributed by atoms with E-state index < -0.39 is 5.82 Å².